The Morgan fingerprint density at radius 3 is 2.32 bits per heavy atom. The summed E-state index contributed by atoms with van der Waals surface area (Å²) in [4.78, 5) is 26.5. The molecule has 2 aromatic carbocycles. The number of hydrogen-bond acceptors (Lipinski definition) is 6. The third kappa shape index (κ3) is 5.83. The lowest BCUT2D eigenvalue weighted by molar-refractivity contribution is -0.274. The summed E-state index contributed by atoms with van der Waals surface area (Å²) in [5.74, 6) is -2.51. The van der Waals surface area contributed by atoms with Gasteiger partial charge in [0.05, 0.1) is 30.1 Å². The van der Waals surface area contributed by atoms with Crippen LogP contribution in [0.15, 0.2) is 59.1 Å². The normalized spacial score (nSPS) is 19.5. The van der Waals surface area contributed by atoms with Crippen LogP contribution in [0.4, 0.5) is 26.7 Å². The van der Waals surface area contributed by atoms with Gasteiger partial charge in [-0.2, -0.15) is 0 Å². The van der Waals surface area contributed by atoms with Crippen molar-refractivity contribution in [1.82, 2.24) is 9.80 Å². The van der Waals surface area contributed by atoms with Crippen molar-refractivity contribution >= 4 is 22.0 Å². The van der Waals surface area contributed by atoms with Crippen LogP contribution in [0.25, 0.3) is 0 Å². The molecule has 0 radical (unpaired) electrons. The molecule has 2 N–H and O–H groups in total. The van der Waals surface area contributed by atoms with E-state index in [9.17, 15) is 35.6 Å². The van der Waals surface area contributed by atoms with Gasteiger partial charge in [-0.3, -0.25) is 4.79 Å². The Bertz CT molecular complexity index is 1380. The van der Waals surface area contributed by atoms with Gasteiger partial charge in [-0.15, -0.1) is 13.2 Å². The summed E-state index contributed by atoms with van der Waals surface area (Å²) in [7, 11) is -4.19. The van der Waals surface area contributed by atoms with Gasteiger partial charge in [0.15, 0.2) is 5.67 Å². The molecule has 1 atom stereocenters. The van der Waals surface area contributed by atoms with Crippen LogP contribution in [-0.4, -0.2) is 61.9 Å². The first-order valence-corrected chi connectivity index (χ1v) is 12.0. The Labute approximate surface area is 206 Å². The van der Waals surface area contributed by atoms with Crippen LogP contribution < -0.4 is 9.88 Å². The van der Waals surface area contributed by atoms with E-state index in [4.69, 9.17) is 9.88 Å². The zero-order chi connectivity index (χ0) is 27.2. The summed E-state index contributed by atoms with van der Waals surface area (Å²) >= 11 is 0. The molecule has 1 fully saturated rings. The zero-order valence-electron chi connectivity index (χ0n) is 18.7. The number of carbonyl (C=O) groups excluding carboxylic acids is 2. The maximum atomic E-state index is 15.5. The van der Waals surface area contributed by atoms with E-state index in [0.29, 0.717) is 11.6 Å². The Hall–Kier alpha value is -3.72. The van der Waals surface area contributed by atoms with Gasteiger partial charge in [-0.05, 0) is 35.9 Å². The van der Waals surface area contributed by atoms with Gasteiger partial charge in [0.2, 0.25) is 10.0 Å². The topological polar surface area (TPSA) is 119 Å². The van der Waals surface area contributed by atoms with Gasteiger partial charge >= 0.3 is 12.5 Å². The van der Waals surface area contributed by atoms with E-state index in [0.717, 1.165) is 40.3 Å². The lowest BCUT2D eigenvalue weighted by Crippen LogP contribution is -2.40. The molecule has 4 rings (SSSR count). The number of ether oxygens (including phenoxy) is 2. The van der Waals surface area contributed by atoms with Crippen LogP contribution in [0.1, 0.15) is 15.9 Å². The van der Waals surface area contributed by atoms with Crippen molar-refractivity contribution in [2.75, 3.05) is 19.6 Å². The van der Waals surface area contributed by atoms with E-state index in [1.165, 1.54) is 12.1 Å². The number of carbonyl (C=O) groups is 2. The number of alkyl halides is 4. The second-order valence-electron chi connectivity index (χ2n) is 8.34. The molecule has 1 unspecified atom stereocenters. The quantitative estimate of drug-likeness (QED) is 0.575. The highest BCUT2D eigenvalue weighted by atomic mass is 32.2. The Kier molecular flexibility index (Phi) is 6.62. The zero-order valence-corrected chi connectivity index (χ0v) is 19.5. The highest BCUT2D eigenvalue weighted by Gasteiger charge is 2.51. The number of nitrogens with zero attached hydrogens (tertiary/aromatic N) is 2. The van der Waals surface area contributed by atoms with Crippen LogP contribution in [0.5, 0.6) is 5.75 Å². The maximum Gasteiger partial charge on any atom is 0.573 e. The molecule has 0 saturated carbocycles. The summed E-state index contributed by atoms with van der Waals surface area (Å²) in [5, 5.41) is 4.94. The van der Waals surface area contributed by atoms with Crippen molar-refractivity contribution in [2.45, 2.75) is 23.5 Å². The van der Waals surface area contributed by atoms with Crippen molar-refractivity contribution in [2.24, 2.45) is 5.14 Å². The molecule has 2 amide bonds. The monoisotopic (exact) mass is 547 g/mol. The van der Waals surface area contributed by atoms with Crippen molar-refractivity contribution in [3.63, 3.8) is 0 Å². The minimum absolute atomic E-state index is 0.0769. The number of rotatable bonds is 5. The lowest BCUT2D eigenvalue weighted by atomic mass is 10.0. The molecule has 0 aliphatic carbocycles. The number of primary sulfonamides is 1. The standard InChI is InChI=1S/C22H18F5N3O6S/c23-18-7-16(37(28,33)34)5-6-17(18)19(31)29-8-14-9-30(12-21(14,24)11-29)20(32)35-10-13-1-3-15(4-2-13)36-22(25,26)27/h1-8H,9-12H2,(H2,28,33,34). The minimum Gasteiger partial charge on any atom is -0.445 e. The average Bonchev–Trinajstić information content (AvgIpc) is 3.28. The molecule has 2 aliphatic rings. The maximum absolute atomic E-state index is 15.5. The lowest BCUT2D eigenvalue weighted by Gasteiger charge is -2.22. The first kappa shape index (κ1) is 26.3. The van der Waals surface area contributed by atoms with E-state index >= 15 is 4.39 Å². The smallest absolute Gasteiger partial charge is 0.445 e. The summed E-state index contributed by atoms with van der Waals surface area (Å²) in [6.07, 6.45) is -4.57. The fourth-order valence-corrected chi connectivity index (χ4v) is 4.43. The summed E-state index contributed by atoms with van der Waals surface area (Å²) < 4.78 is 98.1. The van der Waals surface area contributed by atoms with Gasteiger partial charge in [0, 0.05) is 11.8 Å². The van der Waals surface area contributed by atoms with Gasteiger partial charge in [0.25, 0.3) is 5.91 Å². The third-order valence-electron chi connectivity index (χ3n) is 5.65. The van der Waals surface area contributed by atoms with E-state index in [-0.39, 0.29) is 18.7 Å². The largest absolute Gasteiger partial charge is 0.573 e. The number of halogens is 5. The molecule has 0 bridgehead atoms. The number of benzene rings is 2. The Balaban J connectivity index is 1.36. The number of amides is 2. The fourth-order valence-electron chi connectivity index (χ4n) is 3.90. The molecule has 37 heavy (non-hydrogen) atoms. The first-order valence-electron chi connectivity index (χ1n) is 10.4. The second-order valence-corrected chi connectivity index (χ2v) is 9.90. The van der Waals surface area contributed by atoms with E-state index in [1.54, 1.807) is 0 Å². The molecule has 9 nitrogen and oxygen atoms in total. The molecule has 2 aliphatic heterocycles. The second kappa shape index (κ2) is 9.30. The predicted octanol–water partition coefficient (Wildman–Crippen LogP) is 3.07. The van der Waals surface area contributed by atoms with E-state index in [2.05, 4.69) is 4.74 Å². The van der Waals surface area contributed by atoms with Gasteiger partial charge in [-0.1, -0.05) is 12.1 Å². The van der Waals surface area contributed by atoms with Crippen LogP contribution >= 0.6 is 0 Å². The molecular weight excluding hydrogens is 529 g/mol. The van der Waals surface area contributed by atoms with E-state index < -0.39 is 69.2 Å². The van der Waals surface area contributed by atoms with Crippen molar-refractivity contribution in [3.05, 3.63) is 71.2 Å². The molecular formula is C22H18F5N3O6S. The number of likely N-dealkylation sites (tertiary alicyclic amines) is 1. The average molecular weight is 547 g/mol. The molecule has 0 spiro atoms. The Morgan fingerprint density at radius 2 is 1.76 bits per heavy atom. The molecule has 0 aromatic heterocycles. The number of fused-ring (bicyclic) bond motifs is 1. The molecule has 2 heterocycles. The molecule has 2 aromatic rings. The first-order chi connectivity index (χ1) is 17.1. The predicted molar refractivity (Wildman–Crippen MR) is 116 cm³/mol. The summed E-state index contributed by atoms with van der Waals surface area (Å²) in [5.41, 5.74) is -2.16. The van der Waals surface area contributed by atoms with Crippen LogP contribution in [0, 0.1) is 5.82 Å². The summed E-state index contributed by atoms with van der Waals surface area (Å²) in [6.45, 7) is -1.47. The molecule has 15 heteroatoms. The minimum atomic E-state index is -4.84. The summed E-state index contributed by atoms with van der Waals surface area (Å²) in [6, 6.07) is 7.11. The SMILES string of the molecule is NS(=O)(=O)c1ccc(C(=O)N2C=C3CN(C(=O)OCc4ccc(OC(F)(F)F)cc4)CC3(F)C2)c(F)c1. The van der Waals surface area contributed by atoms with Crippen LogP contribution in [-0.2, 0) is 21.4 Å². The number of sulfonamides is 1. The van der Waals surface area contributed by atoms with Crippen molar-refractivity contribution < 1.29 is 49.4 Å². The van der Waals surface area contributed by atoms with Crippen LogP contribution in [0.2, 0.25) is 0 Å². The molecule has 1 saturated heterocycles. The highest BCUT2D eigenvalue weighted by Crippen LogP contribution is 2.38. The third-order valence-corrected chi connectivity index (χ3v) is 6.56. The Morgan fingerprint density at radius 1 is 1.08 bits per heavy atom. The van der Waals surface area contributed by atoms with Gasteiger partial charge in [0.1, 0.15) is 18.2 Å². The van der Waals surface area contributed by atoms with Crippen molar-refractivity contribution in [3.8, 4) is 5.75 Å². The number of nitrogens with two attached hydrogens (primary N) is 1. The van der Waals surface area contributed by atoms with Gasteiger partial charge < -0.3 is 19.3 Å². The van der Waals surface area contributed by atoms with Gasteiger partial charge in [-0.25, -0.2) is 27.1 Å². The highest BCUT2D eigenvalue weighted by molar-refractivity contribution is 7.89. The van der Waals surface area contributed by atoms with E-state index in [1.807, 2.05) is 0 Å². The number of hydrogen-bond donors (Lipinski definition) is 1. The van der Waals surface area contributed by atoms with Crippen LogP contribution in [0.3, 0.4) is 0 Å². The molecule has 198 valence electrons. The fraction of sp³-hybridized carbons (Fsp3) is 0.273. The van der Waals surface area contributed by atoms with Crippen molar-refractivity contribution in [1.29, 1.82) is 0 Å².